The van der Waals surface area contributed by atoms with Gasteiger partial charge in [-0.05, 0) is 0 Å². The van der Waals surface area contributed by atoms with Gasteiger partial charge in [-0.25, -0.2) is 0 Å². The fourth-order valence-corrected chi connectivity index (χ4v) is 37.5. The van der Waals surface area contributed by atoms with Crippen LogP contribution in [0.4, 0.5) is 26.3 Å². The van der Waals surface area contributed by atoms with E-state index in [9.17, 15) is 26.3 Å². The number of halogens is 8. The monoisotopic (exact) mass is 834 g/mol. The van der Waals surface area contributed by atoms with Crippen LogP contribution in [0.1, 0.15) is 89.7 Å². The van der Waals surface area contributed by atoms with Crippen LogP contribution >= 0.6 is 17.0 Å². The Morgan fingerprint density at radius 2 is 0.885 bits per heavy atom. The second-order valence-corrected chi connectivity index (χ2v) is 53.4. The maximum absolute atomic E-state index is 14.1. The van der Waals surface area contributed by atoms with E-state index in [1.807, 2.05) is 13.8 Å². The Kier molecular flexibility index (Phi) is 8.04. The molecule has 52 heavy (non-hydrogen) atoms. The number of hydrogen-bond acceptors (Lipinski definition) is 0. The molecule has 0 aliphatic heterocycles. The average molecular weight is 837 g/mol. The summed E-state index contributed by atoms with van der Waals surface area (Å²) in [6, 6.07) is 17.4. The zero-order chi connectivity index (χ0) is 38.8. The van der Waals surface area contributed by atoms with E-state index in [1.165, 1.54) is 24.3 Å². The van der Waals surface area contributed by atoms with Crippen LogP contribution in [0.3, 0.4) is 0 Å². The van der Waals surface area contributed by atoms with Crippen LogP contribution in [-0.4, -0.2) is 4.21 Å². The van der Waals surface area contributed by atoms with Gasteiger partial charge in [0.25, 0.3) is 0 Å². The quantitative estimate of drug-likeness (QED) is 0.180. The van der Waals surface area contributed by atoms with Crippen molar-refractivity contribution >= 4 is 27.8 Å². The van der Waals surface area contributed by atoms with Gasteiger partial charge in [0.05, 0.1) is 0 Å². The van der Waals surface area contributed by atoms with Crippen LogP contribution in [0.5, 0.6) is 0 Å². The molecule has 0 radical (unpaired) electrons. The number of aryl methyl sites for hydroxylation is 2. The Labute approximate surface area is 303 Å². The normalized spacial score (nSPS) is 17.7. The summed E-state index contributed by atoms with van der Waals surface area (Å²) >= 11 is -7.98. The first-order chi connectivity index (χ1) is 23.5. The number of rotatable bonds is 4. The Morgan fingerprint density at radius 1 is 0.558 bits per heavy atom. The van der Waals surface area contributed by atoms with Crippen molar-refractivity contribution in [3.8, 4) is 11.1 Å². The van der Waals surface area contributed by atoms with Crippen molar-refractivity contribution in [2.45, 2.75) is 85.8 Å². The summed E-state index contributed by atoms with van der Waals surface area (Å²) < 4.78 is 88.4. The predicted octanol–water partition coefficient (Wildman–Crippen LogP) is 13.1. The van der Waals surface area contributed by atoms with Gasteiger partial charge in [0, 0.05) is 0 Å². The van der Waals surface area contributed by atoms with Crippen LogP contribution in [0.15, 0.2) is 97.1 Å². The van der Waals surface area contributed by atoms with Crippen molar-refractivity contribution in [1.29, 1.82) is 0 Å². The van der Waals surface area contributed by atoms with Crippen molar-refractivity contribution in [2.24, 2.45) is 0 Å². The number of hydrogen-bond donors (Lipinski definition) is 0. The molecule has 9 heteroatoms. The van der Waals surface area contributed by atoms with Crippen molar-refractivity contribution in [2.75, 3.05) is 0 Å². The van der Waals surface area contributed by atoms with E-state index in [1.54, 1.807) is 24.3 Å². The second-order valence-electron chi connectivity index (χ2n) is 17.7. The molecule has 2 aliphatic rings. The Morgan fingerprint density at radius 3 is 1.17 bits per heavy atom. The summed E-state index contributed by atoms with van der Waals surface area (Å²) in [6.07, 6.45) is -2.21. The minimum absolute atomic E-state index is 0.160. The molecule has 0 N–H and O–H groups in total. The average Bonchev–Trinajstić information content (AvgIpc) is 3.67. The molecule has 0 unspecified atom stereocenters. The van der Waals surface area contributed by atoms with Gasteiger partial charge in [-0.1, -0.05) is 0 Å². The van der Waals surface area contributed by atoms with Crippen molar-refractivity contribution in [3.63, 3.8) is 0 Å². The molecule has 4 aromatic carbocycles. The van der Waals surface area contributed by atoms with Gasteiger partial charge in [-0.3, -0.25) is 0 Å². The summed E-state index contributed by atoms with van der Waals surface area (Å²) in [5.74, 6) is 0. The molecule has 0 heterocycles. The maximum atomic E-state index is 14.1. The summed E-state index contributed by atoms with van der Waals surface area (Å²) in [4.78, 5) is 0. The number of allylic oxidation sites excluding steroid dienone is 4. The zero-order valence-corrected chi connectivity index (χ0v) is 34.6. The molecular weight excluding hydrogens is 793 g/mol. The predicted molar refractivity (Wildman–Crippen MR) is 204 cm³/mol. The Hall–Kier alpha value is -2.73. The Bertz CT molecular complexity index is 2190. The van der Waals surface area contributed by atoms with Gasteiger partial charge in [0.15, 0.2) is 0 Å². The fourth-order valence-electron chi connectivity index (χ4n) is 9.59. The van der Waals surface area contributed by atoms with E-state index in [-0.39, 0.29) is 17.4 Å². The van der Waals surface area contributed by atoms with E-state index < -0.39 is 43.7 Å². The van der Waals surface area contributed by atoms with Crippen LogP contribution in [0, 0.1) is 13.8 Å². The molecule has 276 valence electrons. The molecular formula is C43H44Cl2F6Zr. The standard InChI is InChI=1S/C23H29.2C7H4F3.C5H5.CH2.2ClH.Zr/c1-14-9-16-11-17-10-15(2)21(23(6,7)8)13-19(17)18(16)12-20(14)22(3,4)5;2*8-7(9,10)6-4-2-1-3-5-6;1-2-4-5-3-1;;;;/h9-13H,1-8H3;2*2-5H;1-5H;1H2;2*1H;/q;;;;;;;+2/p-2. The molecule has 0 nitrogen and oxygen atoms in total. The van der Waals surface area contributed by atoms with E-state index in [0.717, 1.165) is 68.8 Å². The molecule has 0 amide bonds. The summed E-state index contributed by atoms with van der Waals surface area (Å²) in [5, 5.41) is 0. The number of benzene rings is 4. The third-order valence-corrected chi connectivity index (χ3v) is 45.2. The van der Waals surface area contributed by atoms with E-state index in [0.29, 0.717) is 0 Å². The fraction of sp³-hybridized carbons (Fsp3) is 0.326. The summed E-state index contributed by atoms with van der Waals surface area (Å²) in [7, 11) is 17.8. The van der Waals surface area contributed by atoms with Crippen LogP contribution in [-0.2, 0) is 36.1 Å². The summed E-state index contributed by atoms with van der Waals surface area (Å²) in [6.45, 7) is 16.8. The molecule has 0 atom stereocenters. The Balaban J connectivity index is 1.93. The molecule has 2 aliphatic carbocycles. The number of fused-ring (bicyclic) bond motifs is 3. The van der Waals surface area contributed by atoms with Crippen molar-refractivity contribution in [1.82, 2.24) is 0 Å². The molecule has 0 bridgehead atoms. The first-order valence-electron chi connectivity index (χ1n) is 17.4. The van der Waals surface area contributed by atoms with Crippen molar-refractivity contribution in [3.05, 3.63) is 142 Å². The van der Waals surface area contributed by atoms with E-state index >= 15 is 0 Å². The van der Waals surface area contributed by atoms with Gasteiger partial charge in [-0.2, -0.15) is 0 Å². The molecule has 0 saturated heterocycles. The molecule has 0 fully saturated rings. The van der Waals surface area contributed by atoms with Gasteiger partial charge < -0.3 is 0 Å². The van der Waals surface area contributed by atoms with Gasteiger partial charge in [-0.15, -0.1) is 0 Å². The second kappa shape index (κ2) is 10.7. The zero-order valence-electron chi connectivity index (χ0n) is 30.6. The minimum atomic E-state index is -7.98. The van der Waals surface area contributed by atoms with E-state index in [4.69, 9.17) is 21.2 Å². The molecule has 6 rings (SSSR count). The van der Waals surface area contributed by atoms with Gasteiger partial charge >= 0.3 is 306 Å². The van der Waals surface area contributed by atoms with Crippen LogP contribution < -0.4 is 6.54 Å². The molecule has 0 aromatic heterocycles. The number of alkyl halides is 6. The molecule has 0 spiro atoms. The van der Waals surface area contributed by atoms with Gasteiger partial charge in [0.1, 0.15) is 0 Å². The third-order valence-electron chi connectivity index (χ3n) is 12.2. The van der Waals surface area contributed by atoms with E-state index in [2.05, 4.69) is 65.8 Å². The van der Waals surface area contributed by atoms with Crippen LogP contribution in [0.2, 0.25) is 3.63 Å². The van der Waals surface area contributed by atoms with Gasteiger partial charge in [0.2, 0.25) is 0 Å². The molecule has 0 saturated carbocycles. The first kappa shape index (κ1) is 39.0. The molecule has 4 aromatic rings. The SMILES string of the molecule is [CH2]=[Zr]([Cl])([Cl])([c]1ccc(C(F)(F)F)cc1)([c]1ccc(C(F)(F)F)cc1)([CH]1C=CC=C1)[CH]1c2cc(C)c(C(C)(C)C)cc2-c2cc(C(C)(C)C)c(C)cc21. The topological polar surface area (TPSA) is 0 Å². The van der Waals surface area contributed by atoms with Crippen LogP contribution in [0.25, 0.3) is 11.1 Å². The first-order valence-corrected chi connectivity index (χ1v) is 30.8. The summed E-state index contributed by atoms with van der Waals surface area (Å²) in [5.41, 5.74) is 4.95. The third kappa shape index (κ3) is 5.14. The van der Waals surface area contributed by atoms with Crippen molar-refractivity contribution < 1.29 is 39.3 Å².